The van der Waals surface area contributed by atoms with Crippen molar-refractivity contribution in [1.29, 1.82) is 0 Å². The molecule has 2 rings (SSSR count). The Hall–Kier alpha value is -2.86. The van der Waals surface area contributed by atoms with Crippen LogP contribution in [0.25, 0.3) is 0 Å². The Kier molecular flexibility index (Phi) is 4.53. The van der Waals surface area contributed by atoms with Crippen LogP contribution in [0, 0.1) is 0 Å². The smallest absolute Gasteiger partial charge is 0.269 e. The number of hydrogen-bond donors (Lipinski definition) is 3. The molecule has 4 N–H and O–H groups in total. The molecule has 2 aromatic carbocycles. The fourth-order valence-electron chi connectivity index (χ4n) is 1.82. The molecular formula is C15H16N4O2. The number of benzene rings is 2. The van der Waals surface area contributed by atoms with Gasteiger partial charge in [0.2, 0.25) is 0 Å². The Bertz CT molecular complexity index is 643. The van der Waals surface area contributed by atoms with Crippen molar-refractivity contribution < 1.29 is 9.59 Å². The number of hydrazine groups is 2. The van der Waals surface area contributed by atoms with Gasteiger partial charge in [-0.1, -0.05) is 24.3 Å². The lowest BCUT2D eigenvalue weighted by atomic mass is 10.1. The minimum atomic E-state index is -0.443. The number of carbonyl (C=O) groups is 2. The average molecular weight is 284 g/mol. The number of rotatable bonds is 4. The molecular weight excluding hydrogens is 268 g/mol. The molecule has 0 saturated heterocycles. The van der Waals surface area contributed by atoms with Crippen molar-refractivity contribution in [2.75, 3.05) is 12.1 Å². The minimum absolute atomic E-state index is 0.312. The maximum Gasteiger partial charge on any atom is 0.269 e. The zero-order chi connectivity index (χ0) is 15.2. The van der Waals surface area contributed by atoms with Gasteiger partial charge in [0, 0.05) is 18.2 Å². The van der Waals surface area contributed by atoms with E-state index in [1.807, 2.05) is 35.8 Å². The molecule has 0 aromatic heterocycles. The normalized spacial score (nSPS) is 9.81. The van der Waals surface area contributed by atoms with E-state index >= 15 is 0 Å². The van der Waals surface area contributed by atoms with Crippen molar-refractivity contribution in [3.63, 3.8) is 0 Å². The van der Waals surface area contributed by atoms with E-state index in [9.17, 15) is 9.59 Å². The van der Waals surface area contributed by atoms with Crippen LogP contribution in [-0.2, 0) is 0 Å². The number of nitrogen functional groups attached to an aromatic ring is 1. The molecule has 6 heteroatoms. The first kappa shape index (κ1) is 14.5. The average Bonchev–Trinajstić information content (AvgIpc) is 2.55. The van der Waals surface area contributed by atoms with Gasteiger partial charge in [-0.2, -0.15) is 0 Å². The van der Waals surface area contributed by atoms with E-state index in [1.54, 1.807) is 30.3 Å². The third kappa shape index (κ3) is 3.58. The van der Waals surface area contributed by atoms with Gasteiger partial charge in [0.15, 0.2) is 0 Å². The van der Waals surface area contributed by atoms with Crippen molar-refractivity contribution in [1.82, 2.24) is 10.9 Å². The molecule has 0 saturated carbocycles. The van der Waals surface area contributed by atoms with Gasteiger partial charge in [0.05, 0.1) is 5.69 Å². The van der Waals surface area contributed by atoms with Crippen molar-refractivity contribution >= 4 is 17.5 Å². The summed E-state index contributed by atoms with van der Waals surface area (Å²) in [5.74, 6) is 4.32. The topological polar surface area (TPSA) is 87.5 Å². The number of nitrogens with zero attached hydrogens (tertiary/aromatic N) is 1. The van der Waals surface area contributed by atoms with Crippen LogP contribution in [0.1, 0.15) is 20.7 Å². The molecule has 0 fully saturated rings. The van der Waals surface area contributed by atoms with Crippen LogP contribution in [0.4, 0.5) is 5.69 Å². The number of para-hydroxylation sites is 1. The monoisotopic (exact) mass is 284 g/mol. The zero-order valence-corrected chi connectivity index (χ0v) is 11.5. The molecule has 0 heterocycles. The van der Waals surface area contributed by atoms with Crippen LogP contribution in [0.2, 0.25) is 0 Å². The van der Waals surface area contributed by atoms with Crippen molar-refractivity contribution in [3.05, 3.63) is 65.7 Å². The summed E-state index contributed by atoms with van der Waals surface area (Å²) in [4.78, 5) is 23.6. The summed E-state index contributed by atoms with van der Waals surface area (Å²) in [5.41, 5.74) is 6.31. The maximum atomic E-state index is 12.2. The largest absolute Gasteiger partial charge is 0.290 e. The molecule has 0 spiro atoms. The van der Waals surface area contributed by atoms with Gasteiger partial charge < -0.3 is 0 Å². The summed E-state index contributed by atoms with van der Waals surface area (Å²) in [6.07, 6.45) is 0. The molecule has 0 aliphatic heterocycles. The first-order chi connectivity index (χ1) is 10.1. The van der Waals surface area contributed by atoms with Gasteiger partial charge in [0.1, 0.15) is 0 Å². The number of nitrogens with two attached hydrogens (primary N) is 1. The van der Waals surface area contributed by atoms with Crippen molar-refractivity contribution in [2.45, 2.75) is 0 Å². The highest BCUT2D eigenvalue weighted by Gasteiger charge is 2.11. The maximum absolute atomic E-state index is 12.2. The first-order valence-electron chi connectivity index (χ1n) is 6.32. The summed E-state index contributed by atoms with van der Waals surface area (Å²) in [6.45, 7) is 0. The van der Waals surface area contributed by atoms with Crippen LogP contribution < -0.4 is 21.7 Å². The third-order valence-electron chi connectivity index (χ3n) is 2.93. The fourth-order valence-corrected chi connectivity index (χ4v) is 1.82. The molecule has 0 unspecified atom stereocenters. The molecule has 2 aromatic rings. The summed E-state index contributed by atoms with van der Waals surface area (Å²) in [5, 5.41) is 1.61. The lowest BCUT2D eigenvalue weighted by Gasteiger charge is -2.20. The standard InChI is InChI=1S/C15H16N4O2/c1-19(13-8-3-2-4-9-13)18-15(21)12-7-5-6-11(10-12)14(20)17-16/h2-10H,16H2,1H3,(H,17,20)(H,18,21). The molecule has 6 nitrogen and oxygen atoms in total. The SMILES string of the molecule is CN(NC(=O)c1cccc(C(=O)NN)c1)c1ccccc1. The van der Waals surface area contributed by atoms with Crippen LogP contribution >= 0.6 is 0 Å². The number of hydrogen-bond acceptors (Lipinski definition) is 4. The summed E-state index contributed by atoms with van der Waals surface area (Å²) < 4.78 is 0. The number of nitrogens with one attached hydrogen (secondary N) is 2. The predicted octanol–water partition coefficient (Wildman–Crippen LogP) is 1.07. The number of anilines is 1. The summed E-state index contributed by atoms with van der Waals surface area (Å²) in [7, 11) is 1.74. The minimum Gasteiger partial charge on any atom is -0.290 e. The van der Waals surface area contributed by atoms with Gasteiger partial charge in [-0.25, -0.2) is 5.84 Å². The second-order valence-electron chi connectivity index (χ2n) is 4.39. The van der Waals surface area contributed by atoms with Crippen LogP contribution in [0.3, 0.4) is 0 Å². The molecule has 0 bridgehead atoms. The molecule has 0 aliphatic carbocycles. The third-order valence-corrected chi connectivity index (χ3v) is 2.93. The van der Waals surface area contributed by atoms with Gasteiger partial charge in [0.25, 0.3) is 11.8 Å². The molecule has 2 amide bonds. The van der Waals surface area contributed by atoms with E-state index in [1.165, 1.54) is 6.07 Å². The Balaban J connectivity index is 2.12. The van der Waals surface area contributed by atoms with Gasteiger partial charge >= 0.3 is 0 Å². The highest BCUT2D eigenvalue weighted by atomic mass is 16.2. The van der Waals surface area contributed by atoms with Crippen molar-refractivity contribution in [3.8, 4) is 0 Å². The van der Waals surface area contributed by atoms with Crippen LogP contribution in [0.5, 0.6) is 0 Å². The molecule has 108 valence electrons. The lowest BCUT2D eigenvalue weighted by Crippen LogP contribution is -2.39. The van der Waals surface area contributed by atoms with E-state index in [-0.39, 0.29) is 5.91 Å². The highest BCUT2D eigenvalue weighted by Crippen LogP contribution is 2.10. The van der Waals surface area contributed by atoms with Crippen LogP contribution in [-0.4, -0.2) is 18.9 Å². The molecule has 0 aliphatic rings. The predicted molar refractivity (Wildman–Crippen MR) is 80.4 cm³/mol. The molecule has 21 heavy (non-hydrogen) atoms. The van der Waals surface area contributed by atoms with Gasteiger partial charge in [-0.3, -0.25) is 25.4 Å². The van der Waals surface area contributed by atoms with E-state index in [0.29, 0.717) is 11.1 Å². The Morgan fingerprint density at radius 1 is 0.952 bits per heavy atom. The number of carbonyl (C=O) groups excluding carboxylic acids is 2. The lowest BCUT2D eigenvalue weighted by molar-refractivity contribution is 0.0951. The Morgan fingerprint density at radius 2 is 1.57 bits per heavy atom. The fraction of sp³-hybridized carbons (Fsp3) is 0.0667. The Morgan fingerprint density at radius 3 is 2.19 bits per heavy atom. The molecule has 0 radical (unpaired) electrons. The second-order valence-corrected chi connectivity index (χ2v) is 4.39. The van der Waals surface area contributed by atoms with E-state index in [4.69, 9.17) is 5.84 Å². The second kappa shape index (κ2) is 6.53. The first-order valence-corrected chi connectivity index (χ1v) is 6.32. The van der Waals surface area contributed by atoms with E-state index in [2.05, 4.69) is 5.43 Å². The van der Waals surface area contributed by atoms with Gasteiger partial charge in [-0.05, 0) is 30.3 Å². The summed E-state index contributed by atoms with van der Waals surface area (Å²) in [6, 6.07) is 15.7. The van der Waals surface area contributed by atoms with Crippen LogP contribution in [0.15, 0.2) is 54.6 Å². The van der Waals surface area contributed by atoms with Gasteiger partial charge in [-0.15, -0.1) is 0 Å². The highest BCUT2D eigenvalue weighted by molar-refractivity contribution is 5.99. The summed E-state index contributed by atoms with van der Waals surface area (Å²) >= 11 is 0. The van der Waals surface area contributed by atoms with Crippen molar-refractivity contribution in [2.24, 2.45) is 5.84 Å². The quantitative estimate of drug-likeness (QED) is 0.445. The Labute approximate surface area is 122 Å². The number of amides is 2. The molecule has 0 atom stereocenters. The van der Waals surface area contributed by atoms with E-state index < -0.39 is 5.91 Å². The zero-order valence-electron chi connectivity index (χ0n) is 11.5. The van der Waals surface area contributed by atoms with E-state index in [0.717, 1.165) is 5.69 Å².